The topological polar surface area (TPSA) is 61.4 Å². The maximum Gasteiger partial charge on any atom is 0.287 e. The Morgan fingerprint density at radius 3 is 2.56 bits per heavy atom. The molecule has 0 aromatic heterocycles. The first-order chi connectivity index (χ1) is 7.37. The van der Waals surface area contributed by atoms with E-state index in [4.69, 9.17) is 5.11 Å². The zero-order chi connectivity index (χ0) is 12.6. The van der Waals surface area contributed by atoms with Crippen LogP contribution in [0.3, 0.4) is 0 Å². The second kappa shape index (κ2) is 7.51. The first kappa shape index (κ1) is 15.2. The highest BCUT2D eigenvalue weighted by Gasteiger charge is 2.27. The molecule has 0 heterocycles. The van der Waals surface area contributed by atoms with Crippen LogP contribution in [-0.4, -0.2) is 42.7 Å². The van der Waals surface area contributed by atoms with Crippen molar-refractivity contribution in [1.82, 2.24) is 10.6 Å². The van der Waals surface area contributed by atoms with Crippen LogP contribution in [0.5, 0.6) is 0 Å². The lowest BCUT2D eigenvalue weighted by Gasteiger charge is -2.14. The smallest absolute Gasteiger partial charge is 0.287 e. The Morgan fingerprint density at radius 1 is 1.44 bits per heavy atom. The van der Waals surface area contributed by atoms with Gasteiger partial charge in [0.05, 0.1) is 6.54 Å². The van der Waals surface area contributed by atoms with Gasteiger partial charge in [-0.15, -0.1) is 0 Å². The number of nitrogens with one attached hydrogen (secondary N) is 2. The van der Waals surface area contributed by atoms with Crippen molar-refractivity contribution in [2.24, 2.45) is 0 Å². The summed E-state index contributed by atoms with van der Waals surface area (Å²) in [6.45, 7) is 2.60. The fourth-order valence-corrected chi connectivity index (χ4v) is 1.01. The van der Waals surface area contributed by atoms with E-state index in [1.165, 1.54) is 0 Å². The van der Waals surface area contributed by atoms with Crippen molar-refractivity contribution in [3.63, 3.8) is 0 Å². The van der Waals surface area contributed by atoms with Crippen molar-refractivity contribution in [3.8, 4) is 0 Å². The molecular weight excluding hydrogens is 218 g/mol. The van der Waals surface area contributed by atoms with Crippen LogP contribution in [0.1, 0.15) is 26.7 Å². The van der Waals surface area contributed by atoms with Crippen molar-refractivity contribution in [2.45, 2.75) is 38.7 Å². The van der Waals surface area contributed by atoms with Crippen molar-refractivity contribution in [3.05, 3.63) is 0 Å². The number of aliphatic hydroxyl groups is 1. The molecule has 0 aromatic rings. The van der Waals surface area contributed by atoms with E-state index in [9.17, 15) is 13.6 Å². The van der Waals surface area contributed by atoms with Gasteiger partial charge >= 0.3 is 0 Å². The van der Waals surface area contributed by atoms with Crippen molar-refractivity contribution < 1.29 is 18.7 Å². The Morgan fingerprint density at radius 2 is 2.06 bits per heavy atom. The second-order valence-electron chi connectivity index (χ2n) is 4.00. The minimum atomic E-state index is -3.23. The van der Waals surface area contributed by atoms with Gasteiger partial charge in [-0.3, -0.25) is 4.79 Å². The lowest BCUT2D eigenvalue weighted by molar-refractivity contribution is -0.124. The lowest BCUT2D eigenvalue weighted by Crippen LogP contribution is -2.39. The molecule has 0 aliphatic carbocycles. The van der Waals surface area contributed by atoms with Crippen LogP contribution >= 0.6 is 0 Å². The average molecular weight is 238 g/mol. The summed E-state index contributed by atoms with van der Waals surface area (Å²) in [6, 6.07) is 0.349. The van der Waals surface area contributed by atoms with Crippen LogP contribution in [0.25, 0.3) is 0 Å². The summed E-state index contributed by atoms with van der Waals surface area (Å²) in [5, 5.41) is 13.5. The summed E-state index contributed by atoms with van der Waals surface area (Å²) in [6.07, 6.45) is 0.815. The average Bonchev–Trinajstić information content (AvgIpc) is 2.21. The molecule has 0 fully saturated rings. The third-order valence-electron chi connectivity index (χ3n) is 1.91. The number of carbonyl (C=O) groups excluding carboxylic acids is 1. The highest BCUT2D eigenvalue weighted by molar-refractivity contribution is 5.75. The minimum Gasteiger partial charge on any atom is -0.390 e. The van der Waals surface area contributed by atoms with Gasteiger partial charge in [-0.1, -0.05) is 13.8 Å². The molecule has 0 aliphatic rings. The van der Waals surface area contributed by atoms with E-state index in [1.807, 2.05) is 13.8 Å². The molecule has 0 rings (SSSR count). The zero-order valence-corrected chi connectivity index (χ0v) is 9.72. The fraction of sp³-hybridized carbons (Fsp3) is 0.900. The quantitative estimate of drug-likeness (QED) is 0.540. The first-order valence-electron chi connectivity index (χ1n) is 5.36. The highest BCUT2D eigenvalue weighted by Crippen LogP contribution is 2.09. The Kier molecular flexibility index (Phi) is 7.16. The first-order valence-corrected chi connectivity index (χ1v) is 5.36. The number of hydrogen-bond acceptors (Lipinski definition) is 3. The van der Waals surface area contributed by atoms with Gasteiger partial charge in [0.25, 0.3) is 5.92 Å². The Labute approximate surface area is 94.4 Å². The number of aliphatic hydroxyl groups excluding tert-OH is 1. The summed E-state index contributed by atoms with van der Waals surface area (Å²) in [4.78, 5) is 11.1. The molecule has 0 saturated heterocycles. The molecule has 6 heteroatoms. The van der Waals surface area contributed by atoms with E-state index in [2.05, 4.69) is 10.6 Å². The fourth-order valence-electron chi connectivity index (χ4n) is 1.01. The SMILES string of the molecule is CC(C)NCCCC(=O)NCC(F)(F)CO. The van der Waals surface area contributed by atoms with E-state index in [0.717, 1.165) is 0 Å². The van der Waals surface area contributed by atoms with Gasteiger partial charge in [0.15, 0.2) is 0 Å². The predicted octanol–water partition coefficient (Wildman–Crippen LogP) is 0.508. The lowest BCUT2D eigenvalue weighted by atomic mass is 10.2. The van der Waals surface area contributed by atoms with Gasteiger partial charge in [-0.25, -0.2) is 8.78 Å². The summed E-state index contributed by atoms with van der Waals surface area (Å²) in [7, 11) is 0. The summed E-state index contributed by atoms with van der Waals surface area (Å²) in [5.41, 5.74) is 0. The molecule has 0 bridgehead atoms. The molecule has 3 N–H and O–H groups in total. The van der Waals surface area contributed by atoms with Gasteiger partial charge in [0, 0.05) is 12.5 Å². The molecule has 0 spiro atoms. The standard InChI is InChI=1S/C10H20F2N2O2/c1-8(2)13-5-3-4-9(16)14-6-10(11,12)7-15/h8,13,15H,3-7H2,1-2H3,(H,14,16). The van der Waals surface area contributed by atoms with Gasteiger partial charge < -0.3 is 15.7 Å². The summed E-state index contributed by atoms with van der Waals surface area (Å²) in [5.74, 6) is -3.65. The highest BCUT2D eigenvalue weighted by atomic mass is 19.3. The Balaban J connectivity index is 3.52. The van der Waals surface area contributed by atoms with Crippen LogP contribution in [0.15, 0.2) is 0 Å². The third-order valence-corrected chi connectivity index (χ3v) is 1.91. The second-order valence-corrected chi connectivity index (χ2v) is 4.00. The summed E-state index contributed by atoms with van der Waals surface area (Å²) < 4.78 is 25.1. The molecule has 0 atom stereocenters. The van der Waals surface area contributed by atoms with Crippen LogP contribution in [0, 0.1) is 0 Å². The molecule has 0 aromatic carbocycles. The number of amides is 1. The normalized spacial score (nSPS) is 11.9. The van der Waals surface area contributed by atoms with Crippen LogP contribution in [0.2, 0.25) is 0 Å². The van der Waals surface area contributed by atoms with Crippen LogP contribution < -0.4 is 10.6 Å². The van der Waals surface area contributed by atoms with Gasteiger partial charge in [0.2, 0.25) is 5.91 Å². The molecule has 4 nitrogen and oxygen atoms in total. The number of carbonyl (C=O) groups is 1. The predicted molar refractivity (Wildman–Crippen MR) is 57.4 cm³/mol. The number of hydrogen-bond donors (Lipinski definition) is 3. The van der Waals surface area contributed by atoms with Crippen LogP contribution in [-0.2, 0) is 4.79 Å². The molecule has 1 amide bonds. The molecular formula is C10H20F2N2O2. The van der Waals surface area contributed by atoms with Crippen molar-refractivity contribution in [2.75, 3.05) is 19.7 Å². The third kappa shape index (κ3) is 8.55. The maximum absolute atomic E-state index is 12.5. The Bertz CT molecular complexity index is 211. The summed E-state index contributed by atoms with van der Waals surface area (Å²) >= 11 is 0. The minimum absolute atomic E-state index is 0.210. The molecule has 0 radical (unpaired) electrons. The molecule has 96 valence electrons. The number of alkyl halides is 2. The van der Waals surface area contributed by atoms with E-state index in [1.54, 1.807) is 0 Å². The molecule has 0 saturated carbocycles. The van der Waals surface area contributed by atoms with Gasteiger partial charge in [-0.05, 0) is 13.0 Å². The Hall–Kier alpha value is -0.750. The molecule has 16 heavy (non-hydrogen) atoms. The van der Waals surface area contributed by atoms with E-state index < -0.39 is 25.0 Å². The van der Waals surface area contributed by atoms with Crippen molar-refractivity contribution in [1.29, 1.82) is 0 Å². The number of halogens is 2. The molecule has 0 aliphatic heterocycles. The van der Waals surface area contributed by atoms with Gasteiger partial charge in [-0.2, -0.15) is 0 Å². The van der Waals surface area contributed by atoms with E-state index in [0.29, 0.717) is 19.0 Å². The molecule has 0 unspecified atom stereocenters. The van der Waals surface area contributed by atoms with E-state index >= 15 is 0 Å². The van der Waals surface area contributed by atoms with E-state index in [-0.39, 0.29) is 6.42 Å². The largest absolute Gasteiger partial charge is 0.390 e. The van der Waals surface area contributed by atoms with Gasteiger partial charge in [0.1, 0.15) is 6.61 Å². The van der Waals surface area contributed by atoms with Crippen molar-refractivity contribution >= 4 is 5.91 Å². The number of rotatable bonds is 8. The zero-order valence-electron chi connectivity index (χ0n) is 9.72. The maximum atomic E-state index is 12.5. The monoisotopic (exact) mass is 238 g/mol. The van der Waals surface area contributed by atoms with Crippen LogP contribution in [0.4, 0.5) is 8.78 Å².